The van der Waals surface area contributed by atoms with Crippen molar-refractivity contribution in [3.8, 4) is 0 Å². The van der Waals surface area contributed by atoms with Crippen LogP contribution in [0.25, 0.3) is 0 Å². The van der Waals surface area contributed by atoms with Crippen molar-refractivity contribution >= 4 is 12.0 Å². The molecule has 0 spiro atoms. The molecule has 2 N–H and O–H groups in total. The first-order valence-electron chi connectivity index (χ1n) is 4.89. The Morgan fingerprint density at radius 1 is 1.40 bits per heavy atom. The number of carbonyl (C=O) groups is 2. The number of hydrogen-bond acceptors (Lipinski definition) is 2. The van der Waals surface area contributed by atoms with E-state index in [-0.39, 0.29) is 18.1 Å². The van der Waals surface area contributed by atoms with Gasteiger partial charge in [-0.15, -0.1) is 0 Å². The molecule has 88 valence electrons. The van der Waals surface area contributed by atoms with Crippen molar-refractivity contribution in [3.05, 3.63) is 0 Å². The molecule has 0 bridgehead atoms. The first kappa shape index (κ1) is 13.7. The molecule has 0 aromatic heterocycles. The van der Waals surface area contributed by atoms with E-state index in [1.54, 1.807) is 14.0 Å². The van der Waals surface area contributed by atoms with E-state index in [0.717, 1.165) is 0 Å². The number of aliphatic carboxylic acids is 1. The maximum Gasteiger partial charge on any atom is 0.317 e. The van der Waals surface area contributed by atoms with Crippen LogP contribution < -0.4 is 5.32 Å². The Labute approximate surface area is 90.5 Å². The van der Waals surface area contributed by atoms with Crippen LogP contribution in [-0.4, -0.2) is 41.1 Å². The van der Waals surface area contributed by atoms with Gasteiger partial charge in [-0.05, 0) is 20.8 Å². The lowest BCUT2D eigenvalue weighted by atomic mass is 10.1. The van der Waals surface area contributed by atoms with Gasteiger partial charge in [0, 0.05) is 19.1 Å². The molecular weight excluding hydrogens is 196 g/mol. The van der Waals surface area contributed by atoms with Gasteiger partial charge in [0.25, 0.3) is 0 Å². The molecule has 0 rings (SSSR count). The number of rotatable bonds is 3. The summed E-state index contributed by atoms with van der Waals surface area (Å²) in [5, 5.41) is 11.4. The Morgan fingerprint density at radius 2 is 1.87 bits per heavy atom. The summed E-state index contributed by atoms with van der Waals surface area (Å²) in [5.41, 5.74) is -0.308. The highest BCUT2D eigenvalue weighted by Gasteiger charge is 2.20. The molecule has 0 heterocycles. The van der Waals surface area contributed by atoms with Crippen LogP contribution in [0.15, 0.2) is 0 Å². The van der Waals surface area contributed by atoms with Gasteiger partial charge in [-0.1, -0.05) is 6.92 Å². The predicted octanol–water partition coefficient (Wildman–Crippen LogP) is 1.15. The Bertz CT molecular complexity index is 246. The molecular formula is C10H20N2O3. The van der Waals surface area contributed by atoms with Gasteiger partial charge in [0.1, 0.15) is 0 Å². The van der Waals surface area contributed by atoms with E-state index in [1.807, 2.05) is 20.8 Å². The van der Waals surface area contributed by atoms with Gasteiger partial charge in [0.05, 0.1) is 5.92 Å². The monoisotopic (exact) mass is 216 g/mol. The predicted molar refractivity (Wildman–Crippen MR) is 57.7 cm³/mol. The van der Waals surface area contributed by atoms with Crippen LogP contribution in [0.4, 0.5) is 4.79 Å². The van der Waals surface area contributed by atoms with Gasteiger partial charge >= 0.3 is 12.0 Å². The molecule has 0 aliphatic rings. The summed E-state index contributed by atoms with van der Waals surface area (Å²) in [5.74, 6) is -1.45. The standard InChI is InChI=1S/C10H20N2O3/c1-7(8(13)14)6-12(5)9(15)11-10(2,3)4/h7H,6H2,1-5H3,(H,11,15)(H,13,14). The second kappa shape index (κ2) is 5.00. The Kier molecular flexibility index (Phi) is 4.58. The fourth-order valence-electron chi connectivity index (χ4n) is 0.988. The molecule has 5 heteroatoms. The number of carboxylic acids is 1. The van der Waals surface area contributed by atoms with E-state index in [1.165, 1.54) is 4.90 Å². The zero-order chi connectivity index (χ0) is 12.2. The molecule has 0 radical (unpaired) electrons. The van der Waals surface area contributed by atoms with Crippen LogP contribution in [0.5, 0.6) is 0 Å². The normalized spacial score (nSPS) is 13.1. The number of urea groups is 1. The summed E-state index contributed by atoms with van der Waals surface area (Å²) in [6.45, 7) is 7.40. The van der Waals surface area contributed by atoms with Crippen LogP contribution in [0.3, 0.4) is 0 Å². The maximum absolute atomic E-state index is 11.5. The number of amides is 2. The highest BCUT2D eigenvalue weighted by atomic mass is 16.4. The van der Waals surface area contributed by atoms with Crippen molar-refractivity contribution in [1.82, 2.24) is 10.2 Å². The molecule has 2 amide bonds. The third-order valence-corrected chi connectivity index (χ3v) is 1.80. The minimum Gasteiger partial charge on any atom is -0.481 e. The molecule has 5 nitrogen and oxygen atoms in total. The van der Waals surface area contributed by atoms with E-state index in [0.29, 0.717) is 0 Å². The summed E-state index contributed by atoms with van der Waals surface area (Å²) in [6, 6.07) is -0.254. The lowest BCUT2D eigenvalue weighted by Crippen LogP contribution is -2.48. The van der Waals surface area contributed by atoms with Crippen LogP contribution in [0.2, 0.25) is 0 Å². The molecule has 0 fully saturated rings. The fourth-order valence-corrected chi connectivity index (χ4v) is 0.988. The van der Waals surface area contributed by atoms with E-state index < -0.39 is 11.9 Å². The quantitative estimate of drug-likeness (QED) is 0.743. The first-order chi connectivity index (χ1) is 6.63. The van der Waals surface area contributed by atoms with Gasteiger partial charge in [-0.2, -0.15) is 0 Å². The largest absolute Gasteiger partial charge is 0.481 e. The van der Waals surface area contributed by atoms with Gasteiger partial charge < -0.3 is 15.3 Å². The summed E-state index contributed by atoms with van der Waals surface area (Å²) in [4.78, 5) is 23.5. The topological polar surface area (TPSA) is 69.6 Å². The highest BCUT2D eigenvalue weighted by molar-refractivity contribution is 5.76. The lowest BCUT2D eigenvalue weighted by molar-refractivity contribution is -0.141. The zero-order valence-corrected chi connectivity index (χ0v) is 10.00. The summed E-state index contributed by atoms with van der Waals surface area (Å²) >= 11 is 0. The van der Waals surface area contributed by atoms with Crippen molar-refractivity contribution in [2.24, 2.45) is 5.92 Å². The molecule has 0 aliphatic heterocycles. The van der Waals surface area contributed by atoms with E-state index in [2.05, 4.69) is 5.32 Å². The third kappa shape index (κ3) is 5.93. The second-order valence-electron chi connectivity index (χ2n) is 4.80. The molecule has 15 heavy (non-hydrogen) atoms. The van der Waals surface area contributed by atoms with Crippen molar-refractivity contribution in [2.45, 2.75) is 33.2 Å². The summed E-state index contributed by atoms with van der Waals surface area (Å²) in [6.07, 6.45) is 0. The SMILES string of the molecule is CC(CN(C)C(=O)NC(C)(C)C)C(=O)O. The van der Waals surface area contributed by atoms with Gasteiger partial charge in [0.15, 0.2) is 0 Å². The van der Waals surface area contributed by atoms with E-state index in [9.17, 15) is 9.59 Å². The molecule has 1 unspecified atom stereocenters. The van der Waals surface area contributed by atoms with Crippen molar-refractivity contribution in [3.63, 3.8) is 0 Å². The van der Waals surface area contributed by atoms with E-state index >= 15 is 0 Å². The zero-order valence-electron chi connectivity index (χ0n) is 10.00. The van der Waals surface area contributed by atoms with E-state index in [4.69, 9.17) is 5.11 Å². The van der Waals surface area contributed by atoms with Crippen LogP contribution in [0, 0.1) is 5.92 Å². The summed E-state index contributed by atoms with van der Waals surface area (Å²) in [7, 11) is 1.58. The smallest absolute Gasteiger partial charge is 0.317 e. The van der Waals surface area contributed by atoms with Crippen LogP contribution in [0.1, 0.15) is 27.7 Å². The molecule has 0 saturated heterocycles. The minimum atomic E-state index is -0.898. The number of carboxylic acid groups (broad SMARTS) is 1. The second-order valence-corrected chi connectivity index (χ2v) is 4.80. The molecule has 0 saturated carbocycles. The summed E-state index contributed by atoms with van der Waals surface area (Å²) < 4.78 is 0. The van der Waals surface area contributed by atoms with Crippen molar-refractivity contribution < 1.29 is 14.7 Å². The minimum absolute atomic E-state index is 0.206. The Hall–Kier alpha value is -1.26. The molecule has 0 aromatic carbocycles. The van der Waals surface area contributed by atoms with Crippen molar-refractivity contribution in [2.75, 3.05) is 13.6 Å². The van der Waals surface area contributed by atoms with Crippen molar-refractivity contribution in [1.29, 1.82) is 0 Å². The maximum atomic E-state index is 11.5. The Morgan fingerprint density at radius 3 is 2.20 bits per heavy atom. The Balaban J connectivity index is 4.17. The van der Waals surface area contributed by atoms with Gasteiger partial charge in [0.2, 0.25) is 0 Å². The third-order valence-electron chi connectivity index (χ3n) is 1.80. The lowest BCUT2D eigenvalue weighted by Gasteiger charge is -2.26. The number of nitrogens with one attached hydrogen (secondary N) is 1. The van der Waals surface area contributed by atoms with Gasteiger partial charge in [-0.25, -0.2) is 4.79 Å². The van der Waals surface area contributed by atoms with Crippen LogP contribution >= 0.6 is 0 Å². The molecule has 1 atom stereocenters. The van der Waals surface area contributed by atoms with Crippen LogP contribution in [-0.2, 0) is 4.79 Å². The fraction of sp³-hybridized carbons (Fsp3) is 0.800. The molecule has 0 aromatic rings. The number of nitrogens with zero attached hydrogens (tertiary/aromatic N) is 1. The number of hydrogen-bond donors (Lipinski definition) is 2. The average Bonchev–Trinajstić information content (AvgIpc) is 2.00. The number of carbonyl (C=O) groups excluding carboxylic acids is 1. The first-order valence-corrected chi connectivity index (χ1v) is 4.89. The molecule has 0 aliphatic carbocycles. The van der Waals surface area contributed by atoms with Gasteiger partial charge in [-0.3, -0.25) is 4.79 Å². The highest BCUT2D eigenvalue weighted by Crippen LogP contribution is 2.02. The average molecular weight is 216 g/mol.